The Hall–Kier alpha value is -1.17. The van der Waals surface area contributed by atoms with Crippen molar-refractivity contribution in [1.29, 1.82) is 0 Å². The Morgan fingerprint density at radius 2 is 2.35 bits per heavy atom. The van der Waals surface area contributed by atoms with Crippen molar-refractivity contribution >= 4 is 21.8 Å². The number of hydrogen-bond acceptors (Lipinski definition) is 3. The number of rotatable bonds is 2. The number of aromatic nitrogens is 2. The van der Waals surface area contributed by atoms with Crippen LogP contribution in [0.5, 0.6) is 0 Å². The van der Waals surface area contributed by atoms with Gasteiger partial charge in [-0.15, -0.1) is 0 Å². The number of nitrogens with one attached hydrogen (secondary N) is 1. The standard InChI is InChI=1S/C11H14BrN3O2/c12-7-8-3-1-2-6-15(8)11(17)9-4-5-10(16)14-13-9/h4-5,8H,1-3,6-7H2,(H,14,16). The van der Waals surface area contributed by atoms with Gasteiger partial charge in [0.05, 0.1) is 0 Å². The number of H-pyrrole nitrogens is 1. The molecule has 0 saturated carbocycles. The van der Waals surface area contributed by atoms with E-state index in [1.54, 1.807) is 0 Å². The van der Waals surface area contributed by atoms with E-state index in [9.17, 15) is 9.59 Å². The summed E-state index contributed by atoms with van der Waals surface area (Å²) < 4.78 is 0. The number of piperidine rings is 1. The van der Waals surface area contributed by atoms with Gasteiger partial charge in [0.15, 0.2) is 0 Å². The van der Waals surface area contributed by atoms with Gasteiger partial charge < -0.3 is 4.90 Å². The van der Waals surface area contributed by atoms with Crippen molar-refractivity contribution in [2.24, 2.45) is 0 Å². The highest BCUT2D eigenvalue weighted by molar-refractivity contribution is 9.09. The molecule has 1 aromatic rings. The molecule has 1 N–H and O–H groups in total. The van der Waals surface area contributed by atoms with Crippen LogP contribution >= 0.6 is 15.9 Å². The zero-order valence-electron chi connectivity index (χ0n) is 9.36. The molecule has 0 aromatic carbocycles. The van der Waals surface area contributed by atoms with Crippen LogP contribution in [0, 0.1) is 0 Å². The number of likely N-dealkylation sites (tertiary alicyclic amines) is 1. The van der Waals surface area contributed by atoms with Crippen LogP contribution in [-0.2, 0) is 0 Å². The van der Waals surface area contributed by atoms with Gasteiger partial charge in [-0.25, -0.2) is 5.10 Å². The molecular formula is C11H14BrN3O2. The second kappa shape index (κ2) is 5.44. The van der Waals surface area contributed by atoms with Gasteiger partial charge in [0.1, 0.15) is 5.69 Å². The van der Waals surface area contributed by atoms with Crippen molar-refractivity contribution in [3.8, 4) is 0 Å². The second-order valence-corrected chi connectivity index (χ2v) is 4.76. The smallest absolute Gasteiger partial charge is 0.274 e. The van der Waals surface area contributed by atoms with E-state index in [1.807, 2.05) is 4.90 Å². The highest BCUT2D eigenvalue weighted by atomic mass is 79.9. The lowest BCUT2D eigenvalue weighted by Gasteiger charge is -2.34. The van der Waals surface area contributed by atoms with Gasteiger partial charge >= 0.3 is 0 Å². The monoisotopic (exact) mass is 299 g/mol. The summed E-state index contributed by atoms with van der Waals surface area (Å²) in [6.07, 6.45) is 3.19. The first-order valence-corrected chi connectivity index (χ1v) is 6.77. The number of aromatic amines is 1. The third-order valence-electron chi connectivity index (χ3n) is 2.96. The highest BCUT2D eigenvalue weighted by Gasteiger charge is 2.27. The summed E-state index contributed by atoms with van der Waals surface area (Å²) in [7, 11) is 0. The van der Waals surface area contributed by atoms with Crippen LogP contribution in [0.3, 0.4) is 0 Å². The number of amides is 1. The fraction of sp³-hybridized carbons (Fsp3) is 0.545. The Balaban J connectivity index is 2.18. The van der Waals surface area contributed by atoms with E-state index in [-0.39, 0.29) is 17.5 Å². The normalized spacial score (nSPS) is 20.3. The van der Waals surface area contributed by atoms with Crippen molar-refractivity contribution in [1.82, 2.24) is 15.1 Å². The van der Waals surface area contributed by atoms with E-state index >= 15 is 0 Å². The fourth-order valence-electron chi connectivity index (χ4n) is 2.04. The maximum atomic E-state index is 12.2. The summed E-state index contributed by atoms with van der Waals surface area (Å²) in [5.74, 6) is -0.106. The zero-order valence-corrected chi connectivity index (χ0v) is 10.9. The van der Waals surface area contributed by atoms with Gasteiger partial charge in [-0.05, 0) is 25.3 Å². The van der Waals surface area contributed by atoms with Crippen LogP contribution in [0.25, 0.3) is 0 Å². The average molecular weight is 300 g/mol. The Kier molecular flexibility index (Phi) is 3.93. The average Bonchev–Trinajstić information content (AvgIpc) is 2.39. The second-order valence-electron chi connectivity index (χ2n) is 4.11. The van der Waals surface area contributed by atoms with Crippen LogP contribution in [0.2, 0.25) is 0 Å². The van der Waals surface area contributed by atoms with Crippen molar-refractivity contribution in [3.05, 3.63) is 28.2 Å². The molecule has 1 aromatic heterocycles. The lowest BCUT2D eigenvalue weighted by atomic mass is 10.0. The van der Waals surface area contributed by atoms with Crippen LogP contribution in [0.15, 0.2) is 16.9 Å². The third kappa shape index (κ3) is 2.74. The molecule has 0 radical (unpaired) electrons. The van der Waals surface area contributed by atoms with E-state index in [1.165, 1.54) is 12.1 Å². The molecule has 1 saturated heterocycles. The number of alkyl halides is 1. The minimum absolute atomic E-state index is 0.106. The molecule has 2 heterocycles. The molecule has 92 valence electrons. The molecule has 2 rings (SSSR count). The molecule has 17 heavy (non-hydrogen) atoms. The predicted molar refractivity (Wildman–Crippen MR) is 67.3 cm³/mol. The lowest BCUT2D eigenvalue weighted by molar-refractivity contribution is 0.0634. The highest BCUT2D eigenvalue weighted by Crippen LogP contribution is 2.20. The first kappa shape index (κ1) is 12.3. The fourth-order valence-corrected chi connectivity index (χ4v) is 2.71. The molecular weight excluding hydrogens is 286 g/mol. The van der Waals surface area contributed by atoms with Crippen molar-refractivity contribution < 1.29 is 4.79 Å². The number of nitrogens with zero attached hydrogens (tertiary/aromatic N) is 2. The SMILES string of the molecule is O=C(c1ccc(=O)[nH]n1)N1CCCCC1CBr. The van der Waals surface area contributed by atoms with Crippen LogP contribution in [-0.4, -0.2) is 38.9 Å². The summed E-state index contributed by atoms with van der Waals surface area (Å²) in [6.45, 7) is 0.760. The molecule has 5 nitrogen and oxygen atoms in total. The summed E-state index contributed by atoms with van der Waals surface area (Å²) in [6, 6.07) is 3.03. The van der Waals surface area contributed by atoms with Gasteiger partial charge in [0.25, 0.3) is 11.5 Å². The van der Waals surface area contributed by atoms with Gasteiger partial charge in [0, 0.05) is 24.0 Å². The van der Waals surface area contributed by atoms with Crippen molar-refractivity contribution in [2.75, 3.05) is 11.9 Å². The Bertz CT molecular complexity index is 440. The third-order valence-corrected chi connectivity index (χ3v) is 3.71. The molecule has 1 amide bonds. The minimum atomic E-state index is -0.294. The zero-order chi connectivity index (χ0) is 12.3. The summed E-state index contributed by atoms with van der Waals surface area (Å²) in [4.78, 5) is 24.9. The summed E-state index contributed by atoms with van der Waals surface area (Å²) in [5, 5.41) is 6.85. The molecule has 0 bridgehead atoms. The molecule has 0 aliphatic carbocycles. The molecule has 6 heteroatoms. The van der Waals surface area contributed by atoms with E-state index < -0.39 is 0 Å². The Morgan fingerprint density at radius 1 is 1.53 bits per heavy atom. The molecule has 1 fully saturated rings. The van der Waals surface area contributed by atoms with Gasteiger partial charge in [-0.3, -0.25) is 9.59 Å². The number of carbonyl (C=O) groups is 1. The van der Waals surface area contributed by atoms with E-state index in [2.05, 4.69) is 26.1 Å². The molecule has 1 atom stereocenters. The summed E-state index contributed by atoms with van der Waals surface area (Å²) >= 11 is 3.43. The predicted octanol–water partition coefficient (Wildman–Crippen LogP) is 1.16. The topological polar surface area (TPSA) is 66.1 Å². The van der Waals surface area contributed by atoms with E-state index in [0.717, 1.165) is 31.1 Å². The number of carbonyl (C=O) groups excluding carboxylic acids is 1. The van der Waals surface area contributed by atoms with Crippen molar-refractivity contribution in [3.63, 3.8) is 0 Å². The van der Waals surface area contributed by atoms with Crippen LogP contribution in [0.1, 0.15) is 29.8 Å². The molecule has 1 aliphatic heterocycles. The first-order chi connectivity index (χ1) is 8.22. The number of hydrogen-bond donors (Lipinski definition) is 1. The first-order valence-electron chi connectivity index (χ1n) is 5.65. The van der Waals surface area contributed by atoms with Crippen LogP contribution < -0.4 is 5.56 Å². The largest absolute Gasteiger partial charge is 0.333 e. The molecule has 0 spiro atoms. The van der Waals surface area contributed by atoms with Crippen molar-refractivity contribution in [2.45, 2.75) is 25.3 Å². The van der Waals surface area contributed by atoms with Gasteiger partial charge in [0.2, 0.25) is 0 Å². The summed E-state index contributed by atoms with van der Waals surface area (Å²) in [5.41, 5.74) is 0.00897. The quantitative estimate of drug-likeness (QED) is 0.834. The molecule has 1 unspecified atom stereocenters. The maximum absolute atomic E-state index is 12.2. The lowest BCUT2D eigenvalue weighted by Crippen LogP contribution is -2.45. The van der Waals surface area contributed by atoms with Gasteiger partial charge in [-0.2, -0.15) is 5.10 Å². The number of halogens is 1. The Labute approximate surface area is 107 Å². The van der Waals surface area contributed by atoms with E-state index in [4.69, 9.17) is 0 Å². The maximum Gasteiger partial charge on any atom is 0.274 e. The van der Waals surface area contributed by atoms with Gasteiger partial charge in [-0.1, -0.05) is 15.9 Å². The molecule has 1 aliphatic rings. The van der Waals surface area contributed by atoms with E-state index in [0.29, 0.717) is 5.69 Å². The van der Waals surface area contributed by atoms with Crippen LogP contribution in [0.4, 0.5) is 0 Å². The Morgan fingerprint density at radius 3 is 3.00 bits per heavy atom. The minimum Gasteiger partial charge on any atom is -0.333 e.